The summed E-state index contributed by atoms with van der Waals surface area (Å²) in [7, 11) is 0. The van der Waals surface area contributed by atoms with Crippen molar-refractivity contribution in [3.8, 4) is 5.75 Å². The van der Waals surface area contributed by atoms with Crippen molar-refractivity contribution in [3.05, 3.63) is 95.6 Å². The molecule has 34 heavy (non-hydrogen) atoms. The van der Waals surface area contributed by atoms with Gasteiger partial charge in [0.05, 0.1) is 18.4 Å². The molecule has 2 fully saturated rings. The highest BCUT2D eigenvalue weighted by atomic mass is 16.3. The lowest BCUT2D eigenvalue weighted by Crippen LogP contribution is -2.53. The summed E-state index contributed by atoms with van der Waals surface area (Å²) in [5, 5.41) is 16.0. The SMILES string of the molecule is O=C1C2C(Cc3ccc(O)cc3)NC3(C(=O)Nc4ccccc43)C2C(=O)N1Cc1ccccc1. The molecular formula is C27H23N3O4. The number of nitrogens with zero attached hydrogens (tertiary/aromatic N) is 1. The summed E-state index contributed by atoms with van der Waals surface area (Å²) in [6.07, 6.45) is 0.441. The van der Waals surface area contributed by atoms with Crippen molar-refractivity contribution in [3.63, 3.8) is 0 Å². The molecule has 3 N–H and O–H groups in total. The Morgan fingerprint density at radius 3 is 2.29 bits per heavy atom. The minimum atomic E-state index is -1.30. The molecule has 0 aliphatic carbocycles. The molecule has 170 valence electrons. The van der Waals surface area contributed by atoms with Crippen molar-refractivity contribution in [1.82, 2.24) is 10.2 Å². The van der Waals surface area contributed by atoms with E-state index >= 15 is 0 Å². The maximum absolute atomic E-state index is 13.8. The number of amides is 3. The number of para-hydroxylation sites is 1. The van der Waals surface area contributed by atoms with Gasteiger partial charge in [-0.2, -0.15) is 0 Å². The Labute approximate surface area is 196 Å². The number of phenolic OH excluding ortho intramolecular Hbond substituents is 1. The van der Waals surface area contributed by atoms with Gasteiger partial charge in [-0.3, -0.25) is 24.6 Å². The Hall–Kier alpha value is -3.97. The first-order valence-corrected chi connectivity index (χ1v) is 11.3. The van der Waals surface area contributed by atoms with Gasteiger partial charge in [-0.15, -0.1) is 0 Å². The van der Waals surface area contributed by atoms with E-state index in [1.165, 1.54) is 4.90 Å². The van der Waals surface area contributed by atoms with Gasteiger partial charge in [0.15, 0.2) is 0 Å². The van der Waals surface area contributed by atoms with E-state index < -0.39 is 23.4 Å². The molecule has 3 aliphatic rings. The van der Waals surface area contributed by atoms with Crippen LogP contribution in [0.4, 0.5) is 5.69 Å². The Morgan fingerprint density at radius 1 is 0.824 bits per heavy atom. The molecule has 3 aromatic rings. The number of likely N-dealkylation sites (tertiary alicyclic amines) is 1. The van der Waals surface area contributed by atoms with E-state index in [0.29, 0.717) is 17.7 Å². The van der Waals surface area contributed by atoms with Crippen molar-refractivity contribution < 1.29 is 19.5 Å². The number of hydrogen-bond acceptors (Lipinski definition) is 5. The smallest absolute Gasteiger partial charge is 0.250 e. The van der Waals surface area contributed by atoms with Crippen LogP contribution in [0.1, 0.15) is 16.7 Å². The second-order valence-electron chi connectivity index (χ2n) is 9.18. The van der Waals surface area contributed by atoms with Crippen molar-refractivity contribution in [1.29, 1.82) is 0 Å². The largest absolute Gasteiger partial charge is 0.508 e. The lowest BCUT2D eigenvalue weighted by Gasteiger charge is -2.29. The number of aromatic hydroxyl groups is 1. The molecule has 4 unspecified atom stereocenters. The first-order chi connectivity index (χ1) is 16.5. The maximum atomic E-state index is 13.8. The van der Waals surface area contributed by atoms with Gasteiger partial charge in [0.25, 0.3) is 0 Å². The zero-order valence-corrected chi connectivity index (χ0v) is 18.3. The predicted octanol–water partition coefficient (Wildman–Crippen LogP) is 2.56. The average molecular weight is 453 g/mol. The average Bonchev–Trinajstić information content (AvgIpc) is 3.42. The summed E-state index contributed by atoms with van der Waals surface area (Å²) in [4.78, 5) is 42.3. The van der Waals surface area contributed by atoms with Gasteiger partial charge >= 0.3 is 0 Å². The standard InChI is InChI=1S/C27H23N3O4/c31-18-12-10-16(11-13-18)14-21-22-23(25(33)30(24(22)32)15-17-6-2-1-3-7-17)27(29-21)19-8-4-5-9-20(19)28-26(27)34/h1-13,21-23,29,31H,14-15H2,(H,28,34). The van der Waals surface area contributed by atoms with Crippen LogP contribution in [0.2, 0.25) is 0 Å². The quantitative estimate of drug-likeness (QED) is 0.528. The number of imide groups is 1. The molecule has 0 radical (unpaired) electrons. The molecule has 1 spiro atoms. The summed E-state index contributed by atoms with van der Waals surface area (Å²) in [5.74, 6) is -2.26. The maximum Gasteiger partial charge on any atom is 0.250 e. The van der Waals surface area contributed by atoms with E-state index in [9.17, 15) is 19.5 Å². The first kappa shape index (κ1) is 20.6. The number of carbonyl (C=O) groups excluding carboxylic acids is 3. The van der Waals surface area contributed by atoms with Crippen LogP contribution in [0.25, 0.3) is 0 Å². The lowest BCUT2D eigenvalue weighted by atomic mass is 9.76. The molecule has 3 amide bonds. The van der Waals surface area contributed by atoms with E-state index in [1.807, 2.05) is 54.6 Å². The van der Waals surface area contributed by atoms with Gasteiger partial charge in [-0.1, -0.05) is 60.7 Å². The Balaban J connectivity index is 1.44. The molecule has 3 aliphatic heterocycles. The second-order valence-corrected chi connectivity index (χ2v) is 9.18. The first-order valence-electron chi connectivity index (χ1n) is 11.3. The highest BCUT2D eigenvalue weighted by Gasteiger charge is 2.70. The van der Waals surface area contributed by atoms with E-state index in [4.69, 9.17) is 0 Å². The molecule has 2 saturated heterocycles. The molecule has 0 bridgehead atoms. The highest BCUT2D eigenvalue weighted by molar-refractivity contribution is 6.15. The molecule has 7 heteroatoms. The molecule has 3 heterocycles. The molecule has 7 nitrogen and oxygen atoms in total. The van der Waals surface area contributed by atoms with Crippen LogP contribution in [0, 0.1) is 11.8 Å². The van der Waals surface area contributed by atoms with Crippen LogP contribution in [-0.2, 0) is 32.9 Å². The summed E-state index contributed by atoms with van der Waals surface area (Å²) in [5.41, 5.74) is 1.81. The second kappa shape index (κ2) is 7.53. The van der Waals surface area contributed by atoms with Crippen LogP contribution >= 0.6 is 0 Å². The number of phenols is 1. The number of benzene rings is 3. The summed E-state index contributed by atoms with van der Waals surface area (Å²) in [6.45, 7) is 0.177. The summed E-state index contributed by atoms with van der Waals surface area (Å²) in [6, 6.07) is 23.1. The molecule has 6 rings (SSSR count). The molecular weight excluding hydrogens is 430 g/mol. The summed E-state index contributed by atoms with van der Waals surface area (Å²) >= 11 is 0. The third-order valence-corrected chi connectivity index (χ3v) is 7.29. The Kier molecular flexibility index (Phi) is 4.57. The van der Waals surface area contributed by atoms with Crippen molar-refractivity contribution in [2.75, 3.05) is 5.32 Å². The summed E-state index contributed by atoms with van der Waals surface area (Å²) < 4.78 is 0. The van der Waals surface area contributed by atoms with Crippen LogP contribution in [0.5, 0.6) is 5.75 Å². The third kappa shape index (κ3) is 2.90. The normalized spacial score (nSPS) is 27.2. The van der Waals surface area contributed by atoms with Gasteiger partial charge < -0.3 is 10.4 Å². The van der Waals surface area contributed by atoms with E-state index in [1.54, 1.807) is 24.3 Å². The van der Waals surface area contributed by atoms with Crippen molar-refractivity contribution in [2.45, 2.75) is 24.5 Å². The number of nitrogens with one attached hydrogen (secondary N) is 2. The Bertz CT molecular complexity index is 1310. The molecule has 4 atom stereocenters. The van der Waals surface area contributed by atoms with Crippen LogP contribution in [0.3, 0.4) is 0 Å². The third-order valence-electron chi connectivity index (χ3n) is 7.29. The van der Waals surface area contributed by atoms with Gasteiger partial charge in [0, 0.05) is 17.3 Å². The van der Waals surface area contributed by atoms with Gasteiger partial charge in [-0.25, -0.2) is 0 Å². The zero-order valence-electron chi connectivity index (χ0n) is 18.3. The fourth-order valence-corrected chi connectivity index (χ4v) is 5.80. The fourth-order valence-electron chi connectivity index (χ4n) is 5.80. The van der Waals surface area contributed by atoms with Crippen molar-refractivity contribution >= 4 is 23.4 Å². The number of fused-ring (bicyclic) bond motifs is 4. The fraction of sp³-hybridized carbons (Fsp3) is 0.222. The molecule has 3 aromatic carbocycles. The molecule has 0 saturated carbocycles. The topological polar surface area (TPSA) is 98.7 Å². The number of hydrogen-bond donors (Lipinski definition) is 3. The van der Waals surface area contributed by atoms with Gasteiger partial charge in [-0.05, 0) is 35.7 Å². The van der Waals surface area contributed by atoms with E-state index in [0.717, 1.165) is 11.1 Å². The lowest BCUT2D eigenvalue weighted by molar-refractivity contribution is -0.143. The number of carbonyl (C=O) groups is 3. The number of rotatable bonds is 4. The minimum Gasteiger partial charge on any atom is -0.508 e. The minimum absolute atomic E-state index is 0.155. The monoisotopic (exact) mass is 453 g/mol. The highest BCUT2D eigenvalue weighted by Crippen LogP contribution is 2.53. The van der Waals surface area contributed by atoms with Crippen molar-refractivity contribution in [2.24, 2.45) is 11.8 Å². The zero-order chi connectivity index (χ0) is 23.4. The van der Waals surface area contributed by atoms with E-state index in [2.05, 4.69) is 10.6 Å². The molecule has 0 aromatic heterocycles. The van der Waals surface area contributed by atoms with Crippen LogP contribution < -0.4 is 10.6 Å². The van der Waals surface area contributed by atoms with Gasteiger partial charge in [0.2, 0.25) is 17.7 Å². The number of anilines is 1. The van der Waals surface area contributed by atoms with Gasteiger partial charge in [0.1, 0.15) is 11.3 Å². The van der Waals surface area contributed by atoms with Crippen LogP contribution in [0.15, 0.2) is 78.9 Å². The van der Waals surface area contributed by atoms with Crippen LogP contribution in [-0.4, -0.2) is 33.8 Å². The van der Waals surface area contributed by atoms with E-state index in [-0.39, 0.29) is 30.0 Å². The predicted molar refractivity (Wildman–Crippen MR) is 124 cm³/mol. The Morgan fingerprint density at radius 2 is 1.53 bits per heavy atom.